The van der Waals surface area contributed by atoms with Crippen molar-refractivity contribution in [3.63, 3.8) is 0 Å². The molecular formula is C16H17N5O2S. The number of ketones is 1. The van der Waals surface area contributed by atoms with Crippen molar-refractivity contribution in [3.05, 3.63) is 42.0 Å². The number of furan rings is 1. The summed E-state index contributed by atoms with van der Waals surface area (Å²) in [6, 6.07) is 3.65. The summed E-state index contributed by atoms with van der Waals surface area (Å²) in [4.78, 5) is 12.1. The van der Waals surface area contributed by atoms with Crippen LogP contribution in [0.15, 0.2) is 45.8 Å². The van der Waals surface area contributed by atoms with Gasteiger partial charge in [0.25, 0.3) is 0 Å². The standard InChI is InChI=1S/C16H17N5O2S/c1-4-6-21-15(12-5-7-23-11(12)3)19-20-16(21)24-9-14(22)13(8-17)10(2)18/h4-5,7H,1,6,9,18H2,2-3H3/b13-10+. The first-order valence-electron chi connectivity index (χ1n) is 7.10. The van der Waals surface area contributed by atoms with Crippen LogP contribution in [0.4, 0.5) is 0 Å². The number of nitrogens with zero attached hydrogens (tertiary/aromatic N) is 4. The lowest BCUT2D eigenvalue weighted by atomic mass is 10.2. The molecule has 2 aromatic heterocycles. The quantitative estimate of drug-likeness (QED) is 0.356. The van der Waals surface area contributed by atoms with Crippen molar-refractivity contribution in [1.29, 1.82) is 5.26 Å². The molecule has 2 heterocycles. The summed E-state index contributed by atoms with van der Waals surface area (Å²) < 4.78 is 7.15. The van der Waals surface area contributed by atoms with E-state index in [0.717, 1.165) is 11.3 Å². The molecule has 24 heavy (non-hydrogen) atoms. The average molecular weight is 343 g/mol. The fourth-order valence-corrected chi connectivity index (χ4v) is 2.90. The van der Waals surface area contributed by atoms with E-state index in [2.05, 4.69) is 16.8 Å². The summed E-state index contributed by atoms with van der Waals surface area (Å²) >= 11 is 1.20. The van der Waals surface area contributed by atoms with Gasteiger partial charge in [-0.1, -0.05) is 17.8 Å². The third-order valence-corrected chi connectivity index (χ3v) is 4.21. The first-order valence-corrected chi connectivity index (χ1v) is 8.09. The summed E-state index contributed by atoms with van der Waals surface area (Å²) in [6.07, 6.45) is 3.31. The third-order valence-electron chi connectivity index (χ3n) is 3.25. The minimum atomic E-state index is -0.336. The maximum Gasteiger partial charge on any atom is 0.192 e. The SMILES string of the molecule is C=CCn1c(SCC(=O)/C(C#N)=C(\C)N)nnc1-c1ccoc1C. The van der Waals surface area contributed by atoms with E-state index < -0.39 is 0 Å². The summed E-state index contributed by atoms with van der Waals surface area (Å²) in [5.74, 6) is 1.09. The van der Waals surface area contributed by atoms with E-state index in [9.17, 15) is 4.79 Å². The van der Waals surface area contributed by atoms with Gasteiger partial charge in [-0.25, -0.2) is 0 Å². The van der Waals surface area contributed by atoms with Crippen LogP contribution in [0.5, 0.6) is 0 Å². The van der Waals surface area contributed by atoms with E-state index in [1.54, 1.807) is 12.3 Å². The number of carbonyl (C=O) groups is 1. The molecule has 7 nitrogen and oxygen atoms in total. The fraction of sp³-hybridized carbons (Fsp3) is 0.250. The molecule has 0 bridgehead atoms. The number of rotatable bonds is 7. The van der Waals surface area contributed by atoms with E-state index in [1.807, 2.05) is 23.6 Å². The van der Waals surface area contributed by atoms with E-state index in [-0.39, 0.29) is 22.8 Å². The van der Waals surface area contributed by atoms with Gasteiger partial charge in [-0.05, 0) is 19.9 Å². The third kappa shape index (κ3) is 3.58. The van der Waals surface area contributed by atoms with Crippen LogP contribution < -0.4 is 5.73 Å². The molecule has 0 atom stereocenters. The number of aryl methyl sites for hydroxylation is 1. The average Bonchev–Trinajstić information content (AvgIpc) is 3.12. The Balaban J connectivity index is 2.26. The highest BCUT2D eigenvalue weighted by molar-refractivity contribution is 7.99. The van der Waals surface area contributed by atoms with Crippen LogP contribution in [0.2, 0.25) is 0 Å². The number of hydrogen-bond acceptors (Lipinski definition) is 7. The summed E-state index contributed by atoms with van der Waals surface area (Å²) in [7, 11) is 0. The molecule has 0 saturated carbocycles. The molecule has 0 aromatic carbocycles. The van der Waals surface area contributed by atoms with Crippen molar-refractivity contribution in [2.75, 3.05) is 5.75 Å². The van der Waals surface area contributed by atoms with Crippen LogP contribution in [0, 0.1) is 18.3 Å². The van der Waals surface area contributed by atoms with Gasteiger partial charge in [-0.2, -0.15) is 5.26 Å². The topological polar surface area (TPSA) is 111 Å². The molecule has 0 fully saturated rings. The largest absolute Gasteiger partial charge is 0.469 e. The Morgan fingerprint density at radius 3 is 2.88 bits per heavy atom. The first kappa shape index (κ1) is 17.6. The lowest BCUT2D eigenvalue weighted by molar-refractivity contribution is -0.112. The van der Waals surface area contributed by atoms with E-state index in [1.165, 1.54) is 18.7 Å². The second kappa shape index (κ2) is 7.66. The molecule has 2 N–H and O–H groups in total. The van der Waals surface area contributed by atoms with Crippen LogP contribution in [0.25, 0.3) is 11.4 Å². The zero-order chi connectivity index (χ0) is 17.7. The van der Waals surface area contributed by atoms with Crippen LogP contribution in [-0.2, 0) is 11.3 Å². The minimum Gasteiger partial charge on any atom is -0.469 e. The Bertz CT molecular complexity index is 837. The fourth-order valence-electron chi connectivity index (χ4n) is 2.08. The van der Waals surface area contributed by atoms with Crippen LogP contribution >= 0.6 is 11.8 Å². The second-order valence-corrected chi connectivity index (χ2v) is 5.92. The van der Waals surface area contributed by atoms with E-state index in [0.29, 0.717) is 17.5 Å². The maximum absolute atomic E-state index is 12.1. The van der Waals surface area contributed by atoms with Crippen LogP contribution in [0.1, 0.15) is 12.7 Å². The highest BCUT2D eigenvalue weighted by Gasteiger charge is 2.19. The molecule has 124 valence electrons. The molecule has 0 aliphatic rings. The van der Waals surface area contributed by atoms with Gasteiger partial charge in [0.15, 0.2) is 16.8 Å². The monoisotopic (exact) mass is 343 g/mol. The van der Waals surface area contributed by atoms with Crippen LogP contribution in [0.3, 0.4) is 0 Å². The minimum absolute atomic E-state index is 0.0248. The number of allylic oxidation sites excluding steroid dienone is 3. The van der Waals surface area contributed by atoms with Gasteiger partial charge < -0.3 is 10.2 Å². The van der Waals surface area contributed by atoms with Crippen molar-refractivity contribution >= 4 is 17.5 Å². The number of Topliss-reactive ketones (excluding diaryl/α,β-unsaturated/α-hetero) is 1. The Hall–Kier alpha value is -2.79. The van der Waals surface area contributed by atoms with Gasteiger partial charge in [0.05, 0.1) is 17.6 Å². The molecule has 0 saturated heterocycles. The normalized spacial score (nSPS) is 11.7. The zero-order valence-electron chi connectivity index (χ0n) is 13.4. The Labute approximate surface area is 143 Å². The summed E-state index contributed by atoms with van der Waals surface area (Å²) in [6.45, 7) is 7.59. The molecular weight excluding hydrogens is 326 g/mol. The number of nitrogens with two attached hydrogens (primary N) is 1. The molecule has 0 spiro atoms. The molecule has 0 amide bonds. The van der Waals surface area contributed by atoms with Gasteiger partial charge in [-0.3, -0.25) is 9.36 Å². The zero-order valence-corrected chi connectivity index (χ0v) is 14.3. The van der Waals surface area contributed by atoms with Gasteiger partial charge in [-0.15, -0.1) is 16.8 Å². The molecule has 0 radical (unpaired) electrons. The molecule has 2 rings (SSSR count). The second-order valence-electron chi connectivity index (χ2n) is 4.98. The number of nitriles is 1. The van der Waals surface area contributed by atoms with E-state index >= 15 is 0 Å². The predicted octanol–water partition coefficient (Wildman–Crippen LogP) is 2.45. The predicted molar refractivity (Wildman–Crippen MR) is 90.9 cm³/mol. The molecule has 8 heteroatoms. The smallest absolute Gasteiger partial charge is 0.192 e. The Morgan fingerprint density at radius 1 is 1.58 bits per heavy atom. The van der Waals surface area contributed by atoms with Crippen molar-refractivity contribution < 1.29 is 9.21 Å². The van der Waals surface area contributed by atoms with Crippen molar-refractivity contribution in [1.82, 2.24) is 14.8 Å². The number of aromatic nitrogens is 3. The maximum atomic E-state index is 12.1. The lowest BCUT2D eigenvalue weighted by Crippen LogP contribution is -2.11. The molecule has 2 aromatic rings. The van der Waals surface area contributed by atoms with Crippen molar-refractivity contribution in [2.24, 2.45) is 5.73 Å². The van der Waals surface area contributed by atoms with Gasteiger partial charge in [0.1, 0.15) is 17.4 Å². The molecule has 0 unspecified atom stereocenters. The van der Waals surface area contributed by atoms with Gasteiger partial charge in [0, 0.05) is 12.2 Å². The van der Waals surface area contributed by atoms with Crippen molar-refractivity contribution in [3.8, 4) is 17.5 Å². The number of thioether (sulfide) groups is 1. The molecule has 0 aliphatic heterocycles. The summed E-state index contributed by atoms with van der Waals surface area (Å²) in [5, 5.41) is 17.9. The Morgan fingerprint density at radius 2 is 2.33 bits per heavy atom. The van der Waals surface area contributed by atoms with Gasteiger partial charge in [0.2, 0.25) is 0 Å². The number of carbonyl (C=O) groups excluding carboxylic acids is 1. The summed E-state index contributed by atoms with van der Waals surface area (Å²) in [5.41, 5.74) is 6.57. The first-order chi connectivity index (χ1) is 11.5. The highest BCUT2D eigenvalue weighted by atomic mass is 32.2. The van der Waals surface area contributed by atoms with Crippen LogP contribution in [-0.4, -0.2) is 26.3 Å². The lowest BCUT2D eigenvalue weighted by Gasteiger charge is -2.07. The molecule has 0 aliphatic carbocycles. The number of hydrogen-bond donors (Lipinski definition) is 1. The highest BCUT2D eigenvalue weighted by Crippen LogP contribution is 2.27. The van der Waals surface area contributed by atoms with Crippen molar-refractivity contribution in [2.45, 2.75) is 25.5 Å². The van der Waals surface area contributed by atoms with E-state index in [4.69, 9.17) is 15.4 Å². The van der Waals surface area contributed by atoms with Gasteiger partial charge >= 0.3 is 0 Å². The Kier molecular flexibility index (Phi) is 5.60.